The number of nitrogens with one attached hydrogen (secondary N) is 3. The molecule has 0 fully saturated rings. The molecule has 1 rings (SSSR count). The van der Waals surface area contributed by atoms with Crippen LogP contribution in [-0.4, -0.2) is 36.1 Å². The molecule has 0 radical (unpaired) electrons. The van der Waals surface area contributed by atoms with Crippen LogP contribution >= 0.6 is 0 Å². The molecule has 0 aliphatic carbocycles. The van der Waals surface area contributed by atoms with Crippen molar-refractivity contribution < 1.29 is 23.9 Å². The number of rotatable bonds is 9. The summed E-state index contributed by atoms with van der Waals surface area (Å²) in [7, 11) is 0. The van der Waals surface area contributed by atoms with Gasteiger partial charge in [0, 0.05) is 6.54 Å². The third-order valence-electron chi connectivity index (χ3n) is 3.06. The highest BCUT2D eigenvalue weighted by molar-refractivity contribution is 5.84. The van der Waals surface area contributed by atoms with Gasteiger partial charge in [-0.2, -0.15) is 0 Å². The monoisotopic (exact) mass is 325 g/mol. The number of carbonyl (C=O) groups is 3. The topological polar surface area (TPSA) is 121 Å². The van der Waals surface area contributed by atoms with Crippen LogP contribution < -0.4 is 16.0 Å². The third kappa shape index (κ3) is 7.89. The van der Waals surface area contributed by atoms with Crippen molar-refractivity contribution in [2.75, 3.05) is 13.1 Å². The molecule has 0 spiro atoms. The van der Waals surface area contributed by atoms with Crippen molar-refractivity contribution in [2.45, 2.75) is 26.8 Å². The van der Waals surface area contributed by atoms with Gasteiger partial charge in [-0.3, -0.25) is 9.59 Å². The van der Waals surface area contributed by atoms with Gasteiger partial charge in [0.15, 0.2) is 0 Å². The van der Waals surface area contributed by atoms with Crippen LogP contribution in [0.3, 0.4) is 0 Å². The molecule has 0 saturated heterocycles. The molecule has 3 amide bonds. The summed E-state index contributed by atoms with van der Waals surface area (Å²) in [6.07, 6.45) is 1.98. The number of aliphatic carboxylic acids is 1. The standard InChI is InChI=1S/C15H23N3O5/c1-10(2)6-11(14(20)21)7-16-13(19)9-18-15(22)17-8-12-4-3-5-23-12/h3-5,10-11H,6-9H2,1-2H3,(H,16,19)(H,20,21)(H2,17,18,22). The van der Waals surface area contributed by atoms with Gasteiger partial charge >= 0.3 is 12.0 Å². The summed E-state index contributed by atoms with van der Waals surface area (Å²) in [5, 5.41) is 16.5. The third-order valence-corrected chi connectivity index (χ3v) is 3.06. The summed E-state index contributed by atoms with van der Waals surface area (Å²) < 4.78 is 5.05. The van der Waals surface area contributed by atoms with Crippen molar-refractivity contribution in [2.24, 2.45) is 11.8 Å². The average Bonchev–Trinajstić information content (AvgIpc) is 3.00. The number of hydrogen-bond acceptors (Lipinski definition) is 4. The summed E-state index contributed by atoms with van der Waals surface area (Å²) in [5.41, 5.74) is 0. The van der Waals surface area contributed by atoms with E-state index in [2.05, 4.69) is 16.0 Å². The Labute approximate surface area is 134 Å². The van der Waals surface area contributed by atoms with Gasteiger partial charge in [0.25, 0.3) is 0 Å². The summed E-state index contributed by atoms with van der Waals surface area (Å²) in [6.45, 7) is 3.88. The van der Waals surface area contributed by atoms with Gasteiger partial charge in [-0.1, -0.05) is 13.8 Å². The van der Waals surface area contributed by atoms with Crippen molar-refractivity contribution in [1.29, 1.82) is 0 Å². The molecule has 0 aliphatic rings. The van der Waals surface area contributed by atoms with E-state index in [-0.39, 0.29) is 25.6 Å². The molecule has 8 nitrogen and oxygen atoms in total. The molecule has 1 unspecified atom stereocenters. The van der Waals surface area contributed by atoms with E-state index in [0.717, 1.165) is 0 Å². The Hall–Kier alpha value is -2.51. The maximum atomic E-state index is 11.6. The van der Waals surface area contributed by atoms with Crippen molar-refractivity contribution in [3.8, 4) is 0 Å². The second-order valence-corrected chi connectivity index (χ2v) is 5.58. The minimum atomic E-state index is -0.942. The van der Waals surface area contributed by atoms with Crippen LogP contribution in [0, 0.1) is 11.8 Å². The SMILES string of the molecule is CC(C)CC(CNC(=O)CNC(=O)NCc1ccco1)C(=O)O. The number of carboxylic acid groups (broad SMARTS) is 1. The normalized spacial score (nSPS) is 11.8. The summed E-state index contributed by atoms with van der Waals surface area (Å²) in [5.74, 6) is -1.19. The Balaban J connectivity index is 2.22. The Morgan fingerprint density at radius 1 is 1.22 bits per heavy atom. The van der Waals surface area contributed by atoms with Gasteiger partial charge in [0.2, 0.25) is 5.91 Å². The molecular formula is C15H23N3O5. The maximum Gasteiger partial charge on any atom is 0.315 e. The minimum Gasteiger partial charge on any atom is -0.481 e. The molecule has 1 atom stereocenters. The quantitative estimate of drug-likeness (QED) is 0.538. The number of furan rings is 1. The lowest BCUT2D eigenvalue weighted by molar-refractivity contribution is -0.142. The first kappa shape index (κ1) is 18.5. The average molecular weight is 325 g/mol. The van der Waals surface area contributed by atoms with Crippen LogP contribution in [0.15, 0.2) is 22.8 Å². The lowest BCUT2D eigenvalue weighted by Gasteiger charge is -2.15. The summed E-state index contributed by atoms with van der Waals surface area (Å²) in [6, 6.07) is 2.92. The summed E-state index contributed by atoms with van der Waals surface area (Å²) in [4.78, 5) is 34.2. The van der Waals surface area contributed by atoms with Crippen LogP contribution in [0.5, 0.6) is 0 Å². The van der Waals surface area contributed by atoms with Crippen molar-refractivity contribution in [3.05, 3.63) is 24.2 Å². The van der Waals surface area contributed by atoms with Crippen molar-refractivity contribution >= 4 is 17.9 Å². The first-order valence-corrected chi connectivity index (χ1v) is 7.42. The van der Waals surface area contributed by atoms with E-state index in [1.165, 1.54) is 6.26 Å². The van der Waals surface area contributed by atoms with Gasteiger partial charge in [-0.25, -0.2) is 4.79 Å². The summed E-state index contributed by atoms with van der Waals surface area (Å²) >= 11 is 0. The van der Waals surface area contributed by atoms with E-state index >= 15 is 0 Å². The zero-order valence-corrected chi connectivity index (χ0v) is 13.3. The predicted octanol–water partition coefficient (Wildman–Crippen LogP) is 0.942. The molecule has 0 saturated carbocycles. The number of carbonyl (C=O) groups excluding carboxylic acids is 2. The second-order valence-electron chi connectivity index (χ2n) is 5.58. The van der Waals surface area contributed by atoms with E-state index in [1.807, 2.05) is 13.8 Å². The lowest BCUT2D eigenvalue weighted by Crippen LogP contribution is -2.43. The van der Waals surface area contributed by atoms with E-state index in [4.69, 9.17) is 9.52 Å². The molecule has 23 heavy (non-hydrogen) atoms. The molecule has 4 N–H and O–H groups in total. The fourth-order valence-corrected chi connectivity index (χ4v) is 1.94. The van der Waals surface area contributed by atoms with Crippen molar-refractivity contribution in [3.63, 3.8) is 0 Å². The van der Waals surface area contributed by atoms with Gasteiger partial charge in [-0.15, -0.1) is 0 Å². The Morgan fingerprint density at radius 2 is 1.96 bits per heavy atom. The van der Waals surface area contributed by atoms with E-state index < -0.39 is 23.8 Å². The number of hydrogen-bond donors (Lipinski definition) is 4. The molecular weight excluding hydrogens is 302 g/mol. The molecule has 1 heterocycles. The van der Waals surface area contributed by atoms with Crippen molar-refractivity contribution in [1.82, 2.24) is 16.0 Å². The zero-order chi connectivity index (χ0) is 17.2. The maximum absolute atomic E-state index is 11.6. The highest BCUT2D eigenvalue weighted by Gasteiger charge is 2.19. The van der Waals surface area contributed by atoms with Gasteiger partial charge in [0.05, 0.1) is 25.3 Å². The Morgan fingerprint density at radius 3 is 2.52 bits per heavy atom. The molecule has 0 aromatic carbocycles. The number of carboxylic acids is 1. The molecule has 8 heteroatoms. The van der Waals surface area contributed by atoms with Crippen LogP contribution in [0.25, 0.3) is 0 Å². The largest absolute Gasteiger partial charge is 0.481 e. The van der Waals surface area contributed by atoms with Gasteiger partial charge < -0.3 is 25.5 Å². The number of amides is 3. The van der Waals surface area contributed by atoms with Crippen LogP contribution in [0.2, 0.25) is 0 Å². The Bertz CT molecular complexity index is 513. The lowest BCUT2D eigenvalue weighted by atomic mass is 9.97. The molecule has 1 aromatic rings. The van der Waals surface area contributed by atoms with Gasteiger partial charge in [-0.05, 0) is 24.5 Å². The molecule has 1 aromatic heterocycles. The minimum absolute atomic E-state index is 0.0437. The first-order valence-electron chi connectivity index (χ1n) is 7.42. The predicted molar refractivity (Wildman–Crippen MR) is 82.5 cm³/mol. The number of urea groups is 1. The molecule has 0 bridgehead atoms. The highest BCUT2D eigenvalue weighted by Crippen LogP contribution is 2.10. The molecule has 0 aliphatic heterocycles. The smallest absolute Gasteiger partial charge is 0.315 e. The zero-order valence-electron chi connectivity index (χ0n) is 13.3. The Kier molecular flexibility index (Phi) is 7.65. The fourth-order valence-electron chi connectivity index (χ4n) is 1.94. The van der Waals surface area contributed by atoms with Crippen LogP contribution in [-0.2, 0) is 16.1 Å². The molecule has 128 valence electrons. The first-order chi connectivity index (χ1) is 10.9. The van der Waals surface area contributed by atoms with Gasteiger partial charge in [0.1, 0.15) is 5.76 Å². The second kappa shape index (κ2) is 9.50. The van der Waals surface area contributed by atoms with E-state index in [9.17, 15) is 14.4 Å². The van der Waals surface area contributed by atoms with Crippen LogP contribution in [0.4, 0.5) is 4.79 Å². The van der Waals surface area contributed by atoms with E-state index in [0.29, 0.717) is 12.2 Å². The fraction of sp³-hybridized carbons (Fsp3) is 0.533. The van der Waals surface area contributed by atoms with E-state index in [1.54, 1.807) is 12.1 Å². The van der Waals surface area contributed by atoms with Crippen LogP contribution in [0.1, 0.15) is 26.0 Å². The highest BCUT2D eigenvalue weighted by atomic mass is 16.4.